The van der Waals surface area contributed by atoms with Gasteiger partial charge in [0, 0.05) is 16.8 Å². The summed E-state index contributed by atoms with van der Waals surface area (Å²) in [7, 11) is 0. The Labute approximate surface area is 148 Å². The molecule has 7 heteroatoms. The molecule has 132 valence electrons. The van der Waals surface area contributed by atoms with Crippen LogP contribution in [0, 0.1) is 0 Å². The summed E-state index contributed by atoms with van der Waals surface area (Å²) in [4.78, 5) is 27.3. The molecule has 1 atom stereocenters. The number of hydrogen-bond acceptors (Lipinski definition) is 3. The average molecular weight is 354 g/mol. The van der Waals surface area contributed by atoms with Gasteiger partial charge in [-0.05, 0) is 39.0 Å². The summed E-state index contributed by atoms with van der Waals surface area (Å²) in [5.74, 6) is -0.237. The molecule has 3 N–H and O–H groups in total. The second-order valence-corrected chi connectivity index (χ2v) is 6.90. The highest BCUT2D eigenvalue weighted by Gasteiger charge is 2.30. The van der Waals surface area contributed by atoms with Crippen molar-refractivity contribution in [2.24, 2.45) is 0 Å². The molecule has 1 aliphatic rings. The number of anilines is 1. The lowest BCUT2D eigenvalue weighted by Gasteiger charge is -2.36. The molecule has 0 unspecified atom stereocenters. The molecule has 0 aromatic heterocycles. The maximum absolute atomic E-state index is 12.2. The van der Waals surface area contributed by atoms with Crippen LogP contribution in [0.25, 0.3) is 0 Å². The molecule has 1 aromatic rings. The first-order valence-corrected chi connectivity index (χ1v) is 8.71. The largest absolute Gasteiger partial charge is 0.360 e. The predicted octanol–water partition coefficient (Wildman–Crippen LogP) is 0.668. The lowest BCUT2D eigenvalue weighted by atomic mass is 10.2. The smallest absolute Gasteiger partial charge is 0.321 e. The molecule has 0 bridgehead atoms. The number of imide groups is 1. The van der Waals surface area contributed by atoms with Crippen LogP contribution in [0.4, 0.5) is 10.5 Å². The number of carbonyl (C=O) groups excluding carboxylic acids is 2. The van der Waals surface area contributed by atoms with Crippen molar-refractivity contribution in [1.82, 2.24) is 10.6 Å². The Morgan fingerprint density at radius 2 is 1.88 bits per heavy atom. The standard InChI is InChI=1S/C17H25ClN4O2/c1-12(2)19-17(24)20-16(23)13(3)21-7-9-22(10-8-21)15-6-4-5-14(18)11-15/h4-6,11-13H,7-10H2,1-3H3,(H2,19,20,23,24)/p+1/t13-/m0/s1. The number of nitrogens with zero attached hydrogens (tertiary/aromatic N) is 1. The van der Waals surface area contributed by atoms with Gasteiger partial charge in [0.05, 0.1) is 26.2 Å². The SMILES string of the molecule is CC(C)NC(=O)NC(=O)[C@H](C)[NH+]1CCN(c2cccc(Cl)c2)CC1. The number of rotatable bonds is 4. The van der Waals surface area contributed by atoms with Crippen LogP contribution in [-0.2, 0) is 4.79 Å². The van der Waals surface area contributed by atoms with Crippen LogP contribution in [0.3, 0.4) is 0 Å². The minimum atomic E-state index is -0.432. The maximum Gasteiger partial charge on any atom is 0.321 e. The van der Waals surface area contributed by atoms with E-state index in [-0.39, 0.29) is 18.0 Å². The lowest BCUT2D eigenvalue weighted by Crippen LogP contribution is -3.19. The molecule has 1 aliphatic heterocycles. The summed E-state index contributed by atoms with van der Waals surface area (Å²) in [6.45, 7) is 8.96. The zero-order valence-electron chi connectivity index (χ0n) is 14.4. The number of nitrogens with one attached hydrogen (secondary N) is 3. The molecule has 24 heavy (non-hydrogen) atoms. The summed E-state index contributed by atoms with van der Waals surface area (Å²) in [6, 6.07) is 7.12. The van der Waals surface area contributed by atoms with Crippen LogP contribution < -0.4 is 20.4 Å². The summed E-state index contributed by atoms with van der Waals surface area (Å²) in [6.07, 6.45) is 0. The number of benzene rings is 1. The van der Waals surface area contributed by atoms with Crippen molar-refractivity contribution >= 4 is 29.2 Å². The number of amides is 3. The fraction of sp³-hybridized carbons (Fsp3) is 0.529. The number of quaternary nitrogens is 1. The molecule has 0 spiro atoms. The normalized spacial score (nSPS) is 16.8. The van der Waals surface area contributed by atoms with E-state index in [0.717, 1.165) is 36.9 Å². The van der Waals surface area contributed by atoms with Gasteiger partial charge in [0.2, 0.25) is 0 Å². The quantitative estimate of drug-likeness (QED) is 0.745. The van der Waals surface area contributed by atoms with E-state index in [9.17, 15) is 9.59 Å². The topological polar surface area (TPSA) is 65.9 Å². The second-order valence-electron chi connectivity index (χ2n) is 6.46. The Balaban J connectivity index is 1.85. The third-order valence-electron chi connectivity index (χ3n) is 4.24. The highest BCUT2D eigenvalue weighted by atomic mass is 35.5. The van der Waals surface area contributed by atoms with Gasteiger partial charge in [-0.15, -0.1) is 0 Å². The number of halogens is 1. The van der Waals surface area contributed by atoms with Crippen molar-refractivity contribution in [2.75, 3.05) is 31.1 Å². The average Bonchev–Trinajstić information content (AvgIpc) is 2.53. The van der Waals surface area contributed by atoms with Crippen molar-refractivity contribution < 1.29 is 14.5 Å². The van der Waals surface area contributed by atoms with Gasteiger partial charge in [-0.3, -0.25) is 10.1 Å². The third-order valence-corrected chi connectivity index (χ3v) is 4.48. The van der Waals surface area contributed by atoms with Gasteiger partial charge < -0.3 is 15.1 Å². The molecule has 3 amide bonds. The van der Waals surface area contributed by atoms with E-state index in [1.165, 1.54) is 4.90 Å². The van der Waals surface area contributed by atoms with Gasteiger partial charge >= 0.3 is 6.03 Å². The van der Waals surface area contributed by atoms with Gasteiger partial charge in [-0.1, -0.05) is 17.7 Å². The fourth-order valence-electron chi connectivity index (χ4n) is 2.86. The molecule has 0 aliphatic carbocycles. The van der Waals surface area contributed by atoms with E-state index < -0.39 is 6.03 Å². The van der Waals surface area contributed by atoms with Crippen LogP contribution in [0.15, 0.2) is 24.3 Å². The van der Waals surface area contributed by atoms with Gasteiger partial charge in [-0.2, -0.15) is 0 Å². The number of hydrogen-bond donors (Lipinski definition) is 3. The van der Waals surface area contributed by atoms with Crippen LogP contribution in [-0.4, -0.2) is 50.2 Å². The summed E-state index contributed by atoms with van der Waals surface area (Å²) < 4.78 is 0. The monoisotopic (exact) mass is 353 g/mol. The Bertz CT molecular complexity index is 586. The van der Waals surface area contributed by atoms with Gasteiger partial charge in [0.15, 0.2) is 6.04 Å². The van der Waals surface area contributed by atoms with E-state index in [4.69, 9.17) is 11.6 Å². The number of piperazine rings is 1. The van der Waals surface area contributed by atoms with Crippen LogP contribution in [0.1, 0.15) is 20.8 Å². The Hall–Kier alpha value is -1.79. The fourth-order valence-corrected chi connectivity index (χ4v) is 3.05. The molecule has 1 aromatic carbocycles. The van der Waals surface area contributed by atoms with Gasteiger partial charge in [-0.25, -0.2) is 4.79 Å². The Morgan fingerprint density at radius 1 is 1.21 bits per heavy atom. The van der Waals surface area contributed by atoms with Crippen molar-refractivity contribution in [3.05, 3.63) is 29.3 Å². The first kappa shape index (κ1) is 18.5. The van der Waals surface area contributed by atoms with Crippen LogP contribution in [0.5, 0.6) is 0 Å². The summed E-state index contributed by atoms with van der Waals surface area (Å²) >= 11 is 6.05. The molecule has 1 saturated heterocycles. The number of urea groups is 1. The van der Waals surface area contributed by atoms with E-state index in [1.54, 1.807) is 0 Å². The zero-order chi connectivity index (χ0) is 17.7. The van der Waals surface area contributed by atoms with E-state index >= 15 is 0 Å². The second kappa shape index (κ2) is 8.35. The summed E-state index contributed by atoms with van der Waals surface area (Å²) in [5.41, 5.74) is 1.11. The molecule has 1 fully saturated rings. The van der Waals surface area contributed by atoms with Crippen LogP contribution >= 0.6 is 11.6 Å². The molecule has 6 nitrogen and oxygen atoms in total. The first-order valence-electron chi connectivity index (χ1n) is 8.33. The zero-order valence-corrected chi connectivity index (χ0v) is 15.2. The molecular weight excluding hydrogens is 328 g/mol. The highest BCUT2D eigenvalue weighted by Crippen LogP contribution is 2.19. The Kier molecular flexibility index (Phi) is 6.45. The van der Waals surface area contributed by atoms with E-state index in [1.807, 2.05) is 45.0 Å². The lowest BCUT2D eigenvalue weighted by molar-refractivity contribution is -0.914. The van der Waals surface area contributed by atoms with Gasteiger partial charge in [0.25, 0.3) is 5.91 Å². The Morgan fingerprint density at radius 3 is 2.46 bits per heavy atom. The molecular formula is C17H26ClN4O2+. The molecule has 0 radical (unpaired) electrons. The van der Waals surface area contributed by atoms with Crippen molar-refractivity contribution in [2.45, 2.75) is 32.9 Å². The van der Waals surface area contributed by atoms with Crippen molar-refractivity contribution in [3.8, 4) is 0 Å². The first-order chi connectivity index (χ1) is 11.4. The minimum Gasteiger partial charge on any atom is -0.360 e. The number of carbonyl (C=O) groups is 2. The van der Waals surface area contributed by atoms with Crippen molar-refractivity contribution in [3.63, 3.8) is 0 Å². The predicted molar refractivity (Wildman–Crippen MR) is 95.6 cm³/mol. The van der Waals surface area contributed by atoms with E-state index in [2.05, 4.69) is 15.5 Å². The van der Waals surface area contributed by atoms with Gasteiger partial charge in [0.1, 0.15) is 0 Å². The highest BCUT2D eigenvalue weighted by molar-refractivity contribution is 6.30. The van der Waals surface area contributed by atoms with E-state index in [0.29, 0.717) is 0 Å². The molecule has 0 saturated carbocycles. The third kappa shape index (κ3) is 5.11. The maximum atomic E-state index is 12.2. The molecule has 1 heterocycles. The van der Waals surface area contributed by atoms with Crippen molar-refractivity contribution in [1.29, 1.82) is 0 Å². The van der Waals surface area contributed by atoms with Crippen LogP contribution in [0.2, 0.25) is 5.02 Å². The minimum absolute atomic E-state index is 0.00157. The summed E-state index contributed by atoms with van der Waals surface area (Å²) in [5, 5.41) is 5.81. The molecule has 2 rings (SSSR count).